The number of carbonyl (C=O) groups excluding carboxylic acids is 4. The van der Waals surface area contributed by atoms with Crippen molar-refractivity contribution in [2.24, 2.45) is 11.8 Å². The molecule has 2 atom stereocenters. The van der Waals surface area contributed by atoms with Crippen molar-refractivity contribution < 1.29 is 38.9 Å². The van der Waals surface area contributed by atoms with Crippen LogP contribution < -0.4 is 10.2 Å². The minimum absolute atomic E-state index is 0.154. The van der Waals surface area contributed by atoms with Gasteiger partial charge in [-0.25, -0.2) is 0 Å². The maximum absolute atomic E-state index is 10.7. The standard InChI is InChI=1S/2C10H20O2S.2C4H7O2.Sn/c2*1-8(2)6-4-3-5-7-9(13)10(11)12;2*1-3-4(5)6-2;/h2*8-9,13H,3-7H2,1-2H3,(H,11,12);2*1,3H2,2H3;/q;;;;+2/p-2. The Morgan fingerprint density at radius 1 is 0.615 bits per heavy atom. The summed E-state index contributed by atoms with van der Waals surface area (Å²) in [6.07, 6.45) is 11.2. The van der Waals surface area contributed by atoms with Crippen molar-refractivity contribution in [3.05, 3.63) is 0 Å². The summed E-state index contributed by atoms with van der Waals surface area (Å²) in [6, 6.07) is 0. The molecule has 0 N–H and O–H groups in total. The van der Waals surface area contributed by atoms with Crippen LogP contribution in [-0.2, 0) is 28.7 Å². The van der Waals surface area contributed by atoms with E-state index in [0.717, 1.165) is 46.4 Å². The van der Waals surface area contributed by atoms with Crippen LogP contribution in [0.15, 0.2) is 0 Å². The van der Waals surface area contributed by atoms with Crippen molar-refractivity contribution in [1.29, 1.82) is 0 Å². The summed E-state index contributed by atoms with van der Waals surface area (Å²) in [5, 5.41) is 19.4. The molecule has 0 aromatic carbocycles. The Morgan fingerprint density at radius 3 is 1.18 bits per heavy atom. The predicted octanol–water partition coefficient (Wildman–Crippen LogP) is 3.94. The monoisotopic (exact) mass is 700 g/mol. The first-order valence-corrected chi connectivity index (χ1v) is 19.0. The summed E-state index contributed by atoms with van der Waals surface area (Å²) in [6.45, 7) is 8.79. The Balaban J connectivity index is -0.000000498. The van der Waals surface area contributed by atoms with E-state index in [-0.39, 0.29) is 11.9 Å². The van der Waals surface area contributed by atoms with Crippen LogP contribution in [0.2, 0.25) is 8.87 Å². The van der Waals surface area contributed by atoms with Crippen LogP contribution in [0.25, 0.3) is 0 Å². The molecule has 8 nitrogen and oxygen atoms in total. The summed E-state index contributed by atoms with van der Waals surface area (Å²) < 4.78 is 10.9. The molecular weight excluding hydrogens is 647 g/mol. The van der Waals surface area contributed by atoms with Crippen LogP contribution in [0.1, 0.15) is 105 Å². The molecule has 0 aliphatic rings. The molecular formula is C28H52O8S2Sn. The van der Waals surface area contributed by atoms with Crippen molar-refractivity contribution in [2.75, 3.05) is 14.2 Å². The van der Waals surface area contributed by atoms with Crippen LogP contribution in [0.3, 0.4) is 0 Å². The van der Waals surface area contributed by atoms with Crippen LogP contribution in [0.4, 0.5) is 0 Å². The maximum atomic E-state index is 10.7. The first kappa shape index (κ1) is 42.8. The van der Waals surface area contributed by atoms with Gasteiger partial charge < -0.3 is 19.8 Å². The van der Waals surface area contributed by atoms with Gasteiger partial charge in [-0.2, -0.15) is 25.3 Å². The van der Waals surface area contributed by atoms with Gasteiger partial charge in [0.25, 0.3) is 0 Å². The van der Waals surface area contributed by atoms with E-state index >= 15 is 0 Å². The van der Waals surface area contributed by atoms with E-state index in [9.17, 15) is 29.4 Å². The molecule has 0 aliphatic carbocycles. The van der Waals surface area contributed by atoms with Crippen molar-refractivity contribution in [1.82, 2.24) is 0 Å². The quantitative estimate of drug-likeness (QED) is 0.0846. The Hall–Kier alpha value is -0.621. The van der Waals surface area contributed by atoms with E-state index in [1.165, 1.54) is 39.9 Å². The molecule has 228 valence electrons. The second-order valence-electron chi connectivity index (χ2n) is 10.1. The van der Waals surface area contributed by atoms with E-state index in [1.54, 1.807) is 0 Å². The number of methoxy groups -OCH3 is 2. The van der Waals surface area contributed by atoms with Crippen molar-refractivity contribution in [3.63, 3.8) is 0 Å². The molecule has 2 unspecified atom stereocenters. The number of hydrogen-bond donors (Lipinski definition) is 2. The molecule has 0 aromatic rings. The van der Waals surface area contributed by atoms with Crippen molar-refractivity contribution >= 4 is 70.3 Å². The van der Waals surface area contributed by atoms with E-state index in [4.69, 9.17) is 0 Å². The van der Waals surface area contributed by atoms with Gasteiger partial charge in [0.2, 0.25) is 0 Å². The molecule has 0 rings (SSSR count). The number of esters is 2. The average Bonchev–Trinajstić information content (AvgIpc) is 2.87. The van der Waals surface area contributed by atoms with Gasteiger partial charge in [-0.15, -0.1) is 0 Å². The van der Waals surface area contributed by atoms with E-state index in [1.807, 2.05) is 0 Å². The Kier molecular flexibility index (Phi) is 33.3. The molecule has 0 spiro atoms. The predicted molar refractivity (Wildman–Crippen MR) is 160 cm³/mol. The molecule has 0 fully saturated rings. The van der Waals surface area contributed by atoms with Gasteiger partial charge in [-0.1, -0.05) is 79.1 Å². The fourth-order valence-corrected chi connectivity index (χ4v) is 6.33. The summed E-state index contributed by atoms with van der Waals surface area (Å²) >= 11 is 7.26. The molecule has 0 aromatic heterocycles. The Bertz CT molecular complexity index is 581. The zero-order valence-corrected chi connectivity index (χ0v) is 29.5. The summed E-state index contributed by atoms with van der Waals surface area (Å²) in [5.41, 5.74) is 0. The second kappa shape index (κ2) is 30.3. The van der Waals surface area contributed by atoms with Crippen LogP contribution >= 0.6 is 25.3 Å². The molecule has 39 heavy (non-hydrogen) atoms. The zero-order valence-electron chi connectivity index (χ0n) is 24.9. The van der Waals surface area contributed by atoms with Crippen molar-refractivity contribution in [3.8, 4) is 0 Å². The van der Waals surface area contributed by atoms with Crippen molar-refractivity contribution in [2.45, 2.75) is 124 Å². The Morgan fingerprint density at radius 2 is 0.923 bits per heavy atom. The average molecular weight is 700 g/mol. The zero-order chi connectivity index (χ0) is 30.6. The number of hydrogen-bond acceptors (Lipinski definition) is 10. The number of ether oxygens (including phenoxy) is 2. The fraction of sp³-hybridized carbons (Fsp3) is 0.857. The number of thiol groups is 2. The third-order valence-corrected chi connectivity index (χ3v) is 9.91. The van der Waals surface area contributed by atoms with Gasteiger partial charge in [0.1, 0.15) is 0 Å². The topological polar surface area (TPSA) is 133 Å². The van der Waals surface area contributed by atoms with Crippen LogP contribution in [0, 0.1) is 11.8 Å². The molecule has 0 saturated carbocycles. The molecule has 0 bridgehead atoms. The molecule has 0 saturated heterocycles. The van der Waals surface area contributed by atoms with E-state index in [0.29, 0.717) is 25.7 Å². The van der Waals surface area contributed by atoms with Gasteiger partial charge in [0.05, 0.1) is 11.9 Å². The second-order valence-corrected chi connectivity index (χ2v) is 15.7. The van der Waals surface area contributed by atoms with E-state index in [2.05, 4.69) is 62.4 Å². The van der Waals surface area contributed by atoms with Crippen LogP contribution in [-0.4, -0.2) is 69.7 Å². The van der Waals surface area contributed by atoms with Gasteiger partial charge in [-0.3, -0.25) is 0 Å². The third-order valence-electron chi connectivity index (χ3n) is 5.53. The number of carbonyl (C=O) groups is 4. The normalized spacial score (nSPS) is 11.7. The number of carboxylic acids is 2. The first-order valence-electron chi connectivity index (χ1n) is 13.9. The number of rotatable bonds is 20. The number of carboxylic acid groups (broad SMARTS) is 2. The fourth-order valence-electron chi connectivity index (χ4n) is 3.08. The van der Waals surface area contributed by atoms with Gasteiger partial charge >= 0.3 is 88.1 Å². The van der Waals surface area contributed by atoms with Crippen LogP contribution in [0.5, 0.6) is 0 Å². The SMILES string of the molecule is CC(C)CCCCCC(S)C(=O)[O-].CC(C)CCCCCC(S)C(=O)[O-].COC(=O)C[CH2][Sn+2][CH2]CC(=O)OC. The molecule has 0 amide bonds. The minimum atomic E-state index is -1.05. The summed E-state index contributed by atoms with van der Waals surface area (Å²) in [7, 11) is 2.78. The number of aliphatic carboxylic acids is 2. The summed E-state index contributed by atoms with van der Waals surface area (Å²) in [4.78, 5) is 41.9. The molecule has 0 aliphatic heterocycles. The van der Waals surface area contributed by atoms with E-state index < -0.39 is 43.6 Å². The Labute approximate surface area is 258 Å². The number of unbranched alkanes of at least 4 members (excludes halogenated alkanes) is 4. The first-order chi connectivity index (χ1) is 18.3. The summed E-state index contributed by atoms with van der Waals surface area (Å²) in [5.74, 6) is -0.918. The van der Waals surface area contributed by atoms with Gasteiger partial charge in [0, 0.05) is 10.5 Å². The molecule has 11 heteroatoms. The van der Waals surface area contributed by atoms with Gasteiger partial charge in [0.15, 0.2) is 0 Å². The molecule has 0 heterocycles. The molecule has 0 radical (unpaired) electrons. The third kappa shape index (κ3) is 37.4. The van der Waals surface area contributed by atoms with Gasteiger partial charge in [-0.05, 0) is 24.7 Å².